The second kappa shape index (κ2) is 8.67. The van der Waals surface area contributed by atoms with E-state index < -0.39 is 35.0 Å². The molecule has 2 aromatic rings. The molecular formula is C21H20F6N2O. The smallest absolute Gasteiger partial charge is 0.322 e. The van der Waals surface area contributed by atoms with Crippen molar-refractivity contribution < 1.29 is 31.1 Å². The minimum atomic E-state index is -5.01. The molecule has 1 heterocycles. The van der Waals surface area contributed by atoms with Crippen LogP contribution in [0.25, 0.3) is 0 Å². The highest BCUT2D eigenvalue weighted by molar-refractivity contribution is 6.04. The number of hydrogen-bond acceptors (Lipinski definition) is 2. The van der Waals surface area contributed by atoms with E-state index in [1.807, 2.05) is 0 Å². The van der Waals surface area contributed by atoms with E-state index in [0.717, 1.165) is 38.0 Å². The van der Waals surface area contributed by atoms with Gasteiger partial charge in [0.05, 0.1) is 11.1 Å². The predicted octanol–water partition coefficient (Wildman–Crippen LogP) is 5.96. The normalized spacial score (nSPS) is 15.8. The number of carbonyl (C=O) groups is 1. The van der Waals surface area contributed by atoms with Crippen LogP contribution in [0.3, 0.4) is 0 Å². The zero-order valence-corrected chi connectivity index (χ0v) is 15.9. The fourth-order valence-electron chi connectivity index (χ4n) is 3.36. The van der Waals surface area contributed by atoms with Gasteiger partial charge >= 0.3 is 12.4 Å². The molecule has 30 heavy (non-hydrogen) atoms. The van der Waals surface area contributed by atoms with Crippen LogP contribution >= 0.6 is 0 Å². The van der Waals surface area contributed by atoms with E-state index in [4.69, 9.17) is 0 Å². The average Bonchev–Trinajstić information content (AvgIpc) is 2.68. The summed E-state index contributed by atoms with van der Waals surface area (Å²) in [6.45, 7) is 2.77. The molecular weight excluding hydrogens is 410 g/mol. The Hall–Kier alpha value is -2.55. The van der Waals surface area contributed by atoms with Crippen LogP contribution < -0.4 is 5.32 Å². The molecule has 3 nitrogen and oxygen atoms in total. The summed E-state index contributed by atoms with van der Waals surface area (Å²) in [6.07, 6.45) is -6.51. The summed E-state index contributed by atoms with van der Waals surface area (Å²) in [4.78, 5) is 14.6. The zero-order valence-electron chi connectivity index (χ0n) is 15.9. The van der Waals surface area contributed by atoms with E-state index >= 15 is 0 Å². The number of benzene rings is 2. The average molecular weight is 430 g/mol. The number of piperidine rings is 1. The summed E-state index contributed by atoms with van der Waals surface area (Å²) in [5, 5.41) is 2.36. The van der Waals surface area contributed by atoms with Crippen molar-refractivity contribution in [3.05, 3.63) is 64.7 Å². The summed E-state index contributed by atoms with van der Waals surface area (Å²) in [5.41, 5.74) is -2.48. The van der Waals surface area contributed by atoms with Gasteiger partial charge in [-0.15, -0.1) is 0 Å². The zero-order chi connectivity index (χ0) is 21.9. The van der Waals surface area contributed by atoms with E-state index in [9.17, 15) is 31.1 Å². The fourth-order valence-corrected chi connectivity index (χ4v) is 3.36. The van der Waals surface area contributed by atoms with Crippen LogP contribution in [0.15, 0.2) is 42.5 Å². The minimum Gasteiger partial charge on any atom is -0.322 e. The molecule has 162 valence electrons. The molecule has 0 aliphatic carbocycles. The number of likely N-dealkylation sites (tertiary alicyclic amines) is 1. The predicted molar refractivity (Wildman–Crippen MR) is 100.0 cm³/mol. The molecule has 0 radical (unpaired) electrons. The summed E-state index contributed by atoms with van der Waals surface area (Å²) < 4.78 is 77.8. The molecule has 2 aromatic carbocycles. The van der Waals surface area contributed by atoms with Gasteiger partial charge in [-0.1, -0.05) is 18.6 Å². The van der Waals surface area contributed by atoms with Gasteiger partial charge in [0.1, 0.15) is 0 Å². The van der Waals surface area contributed by atoms with E-state index in [2.05, 4.69) is 10.2 Å². The van der Waals surface area contributed by atoms with Crippen LogP contribution in [0.4, 0.5) is 32.0 Å². The van der Waals surface area contributed by atoms with Gasteiger partial charge in [0.2, 0.25) is 0 Å². The molecule has 9 heteroatoms. The standard InChI is InChI=1S/C21H20F6N2O/c22-20(23,24)16-10-15(11-17(12-16)21(25,26)27)19(30)28-18-6-4-14(5-7-18)13-29-8-2-1-3-9-29/h4-7,10-12H,1-3,8-9,13H2,(H,28,30). The van der Waals surface area contributed by atoms with Crippen molar-refractivity contribution in [3.63, 3.8) is 0 Å². The van der Waals surface area contributed by atoms with E-state index in [1.54, 1.807) is 24.3 Å². The Bertz CT molecular complexity index is 852. The highest BCUT2D eigenvalue weighted by Gasteiger charge is 2.37. The number of nitrogens with zero attached hydrogens (tertiary/aromatic N) is 1. The molecule has 1 aliphatic heterocycles. The number of carbonyl (C=O) groups excluding carboxylic acids is 1. The lowest BCUT2D eigenvalue weighted by molar-refractivity contribution is -0.143. The molecule has 1 fully saturated rings. The third-order valence-corrected chi connectivity index (χ3v) is 4.92. The topological polar surface area (TPSA) is 32.3 Å². The lowest BCUT2D eigenvalue weighted by Gasteiger charge is -2.26. The number of amides is 1. The number of rotatable bonds is 4. The Morgan fingerprint density at radius 1 is 0.833 bits per heavy atom. The highest BCUT2D eigenvalue weighted by atomic mass is 19.4. The fraction of sp³-hybridized carbons (Fsp3) is 0.381. The van der Waals surface area contributed by atoms with Gasteiger partial charge in [-0.2, -0.15) is 26.3 Å². The molecule has 0 aromatic heterocycles. The molecule has 1 saturated heterocycles. The molecule has 0 bridgehead atoms. The first-order valence-corrected chi connectivity index (χ1v) is 9.44. The van der Waals surface area contributed by atoms with Gasteiger partial charge < -0.3 is 5.32 Å². The van der Waals surface area contributed by atoms with Gasteiger partial charge in [0, 0.05) is 17.8 Å². The molecule has 3 rings (SSSR count). The summed E-state index contributed by atoms with van der Waals surface area (Å²) in [6, 6.07) is 7.52. The third kappa shape index (κ3) is 5.75. The Morgan fingerprint density at radius 3 is 1.87 bits per heavy atom. The van der Waals surface area contributed by atoms with Crippen molar-refractivity contribution in [2.24, 2.45) is 0 Å². The molecule has 0 atom stereocenters. The first kappa shape index (κ1) is 22.1. The van der Waals surface area contributed by atoms with Gasteiger partial charge in [-0.3, -0.25) is 9.69 Å². The second-order valence-electron chi connectivity index (χ2n) is 7.28. The van der Waals surface area contributed by atoms with Crippen LogP contribution in [0.1, 0.15) is 46.3 Å². The summed E-state index contributed by atoms with van der Waals surface area (Å²) in [7, 11) is 0. The van der Waals surface area contributed by atoms with Crippen molar-refractivity contribution in [3.8, 4) is 0 Å². The van der Waals surface area contributed by atoms with Gasteiger partial charge in [0.25, 0.3) is 5.91 Å². The molecule has 1 aliphatic rings. The monoisotopic (exact) mass is 430 g/mol. The maximum absolute atomic E-state index is 13.0. The SMILES string of the molecule is O=C(Nc1ccc(CN2CCCCC2)cc1)c1cc(C(F)(F)F)cc(C(F)(F)F)c1. The molecule has 1 amide bonds. The van der Waals surface area contributed by atoms with Crippen molar-refractivity contribution in [2.75, 3.05) is 18.4 Å². The Balaban J connectivity index is 1.75. The Morgan fingerprint density at radius 2 is 1.37 bits per heavy atom. The second-order valence-corrected chi connectivity index (χ2v) is 7.28. The first-order valence-electron chi connectivity index (χ1n) is 9.44. The number of halogens is 6. The number of anilines is 1. The number of hydrogen-bond donors (Lipinski definition) is 1. The largest absolute Gasteiger partial charge is 0.416 e. The quantitative estimate of drug-likeness (QED) is 0.607. The van der Waals surface area contributed by atoms with Crippen molar-refractivity contribution in [1.29, 1.82) is 0 Å². The molecule has 0 saturated carbocycles. The van der Waals surface area contributed by atoms with Gasteiger partial charge in [-0.05, 0) is 61.8 Å². The van der Waals surface area contributed by atoms with Gasteiger partial charge in [0.15, 0.2) is 0 Å². The molecule has 1 N–H and O–H groups in total. The lowest BCUT2D eigenvalue weighted by Crippen LogP contribution is -2.29. The van der Waals surface area contributed by atoms with Crippen molar-refractivity contribution in [2.45, 2.75) is 38.2 Å². The number of nitrogens with one attached hydrogen (secondary N) is 1. The maximum Gasteiger partial charge on any atom is 0.416 e. The third-order valence-electron chi connectivity index (χ3n) is 4.92. The van der Waals surface area contributed by atoms with E-state index in [1.165, 1.54) is 6.42 Å². The minimum absolute atomic E-state index is 0.00777. The van der Waals surface area contributed by atoms with Crippen LogP contribution in [-0.4, -0.2) is 23.9 Å². The van der Waals surface area contributed by atoms with Crippen LogP contribution in [0.2, 0.25) is 0 Å². The van der Waals surface area contributed by atoms with Crippen molar-refractivity contribution >= 4 is 11.6 Å². The van der Waals surface area contributed by atoms with Crippen LogP contribution in [-0.2, 0) is 18.9 Å². The number of alkyl halides is 6. The molecule has 0 spiro atoms. The van der Waals surface area contributed by atoms with Crippen molar-refractivity contribution in [1.82, 2.24) is 4.90 Å². The summed E-state index contributed by atoms with van der Waals surface area (Å²) in [5.74, 6) is -1.05. The van der Waals surface area contributed by atoms with E-state index in [-0.39, 0.29) is 11.8 Å². The highest BCUT2D eigenvalue weighted by Crippen LogP contribution is 2.36. The maximum atomic E-state index is 13.0. The first-order chi connectivity index (χ1) is 14.0. The Kier molecular flexibility index (Phi) is 6.40. The Labute approximate surface area is 169 Å². The lowest BCUT2D eigenvalue weighted by atomic mass is 10.0. The molecule has 0 unspecified atom stereocenters. The van der Waals surface area contributed by atoms with E-state index in [0.29, 0.717) is 12.1 Å². The summed E-state index contributed by atoms with van der Waals surface area (Å²) >= 11 is 0. The van der Waals surface area contributed by atoms with Crippen LogP contribution in [0.5, 0.6) is 0 Å². The van der Waals surface area contributed by atoms with Crippen LogP contribution in [0, 0.1) is 0 Å². The van der Waals surface area contributed by atoms with Gasteiger partial charge in [-0.25, -0.2) is 0 Å².